The first kappa shape index (κ1) is 12.3. The topological polar surface area (TPSA) is 58.4 Å². The van der Waals surface area contributed by atoms with Gasteiger partial charge in [-0.1, -0.05) is 26.7 Å². The Hall–Kier alpha value is -0.770. The number of hydrogen-bond donors (Lipinski definition) is 2. The minimum absolute atomic E-state index is 0.123. The number of rotatable bonds is 4. The molecule has 3 N–H and O–H groups in total. The second kappa shape index (κ2) is 5.95. The van der Waals surface area contributed by atoms with E-state index in [2.05, 4.69) is 19.3 Å². The lowest BCUT2D eigenvalue weighted by molar-refractivity contribution is 0.171. The Morgan fingerprint density at radius 1 is 1.47 bits per heavy atom. The Labute approximate surface area is 92.2 Å². The van der Waals surface area contributed by atoms with Crippen LogP contribution in [0.3, 0.4) is 0 Å². The number of nitrogens with one attached hydrogen (secondary N) is 1. The van der Waals surface area contributed by atoms with Crippen molar-refractivity contribution < 1.29 is 4.79 Å². The third-order valence-corrected chi connectivity index (χ3v) is 3.10. The molecule has 88 valence electrons. The van der Waals surface area contributed by atoms with Crippen LogP contribution in [0, 0.1) is 5.92 Å². The zero-order chi connectivity index (χ0) is 11.3. The number of carbonyl (C=O) groups excluding carboxylic acids is 1. The van der Waals surface area contributed by atoms with E-state index in [1.54, 1.807) is 0 Å². The molecule has 1 aliphatic carbocycles. The third-order valence-electron chi connectivity index (χ3n) is 3.10. The van der Waals surface area contributed by atoms with Crippen molar-refractivity contribution in [3.8, 4) is 0 Å². The molecule has 1 aliphatic rings. The summed E-state index contributed by atoms with van der Waals surface area (Å²) in [6.45, 7) is 5.17. The average molecular weight is 213 g/mol. The Bertz CT molecular complexity index is 200. The summed E-state index contributed by atoms with van der Waals surface area (Å²) in [6, 6.07) is 0.287. The van der Waals surface area contributed by atoms with Gasteiger partial charge in [0, 0.05) is 12.6 Å². The van der Waals surface area contributed by atoms with Gasteiger partial charge in [-0.2, -0.15) is 0 Å². The molecule has 15 heavy (non-hydrogen) atoms. The highest BCUT2D eigenvalue weighted by molar-refractivity contribution is 5.73. The molecule has 1 rings (SSSR count). The summed E-state index contributed by atoms with van der Waals surface area (Å²) in [5.41, 5.74) is 2.25. The van der Waals surface area contributed by atoms with E-state index in [-0.39, 0.29) is 6.03 Å². The molecule has 0 aromatic rings. The van der Waals surface area contributed by atoms with Crippen LogP contribution >= 0.6 is 0 Å². The van der Waals surface area contributed by atoms with Crippen molar-refractivity contribution in [1.82, 2.24) is 10.3 Å². The van der Waals surface area contributed by atoms with Crippen LogP contribution in [-0.4, -0.2) is 23.5 Å². The van der Waals surface area contributed by atoms with Gasteiger partial charge in [0.25, 0.3) is 0 Å². The summed E-state index contributed by atoms with van der Waals surface area (Å²) in [5.74, 6) is 5.83. The van der Waals surface area contributed by atoms with Gasteiger partial charge >= 0.3 is 6.03 Å². The molecule has 0 unspecified atom stereocenters. The maximum Gasteiger partial charge on any atom is 0.331 e. The number of hydrogen-bond acceptors (Lipinski definition) is 2. The van der Waals surface area contributed by atoms with Crippen LogP contribution < -0.4 is 11.3 Å². The van der Waals surface area contributed by atoms with Crippen LogP contribution in [0.25, 0.3) is 0 Å². The van der Waals surface area contributed by atoms with Gasteiger partial charge < -0.3 is 4.90 Å². The Morgan fingerprint density at radius 3 is 2.53 bits per heavy atom. The standard InChI is InChI=1S/C11H23N3O/c1-9(2)7-8-14(11(15)13-12)10-5-3-4-6-10/h9-10H,3-8,12H2,1-2H3,(H,13,15). The number of nitrogens with two attached hydrogens (primary N) is 1. The molecule has 0 heterocycles. The van der Waals surface area contributed by atoms with Crippen LogP contribution in [0.4, 0.5) is 4.79 Å². The van der Waals surface area contributed by atoms with Crippen LogP contribution in [-0.2, 0) is 0 Å². The van der Waals surface area contributed by atoms with E-state index < -0.39 is 0 Å². The zero-order valence-electron chi connectivity index (χ0n) is 9.83. The summed E-state index contributed by atoms with van der Waals surface area (Å²) in [4.78, 5) is 13.5. The summed E-state index contributed by atoms with van der Waals surface area (Å²) in [5, 5.41) is 0. The van der Waals surface area contributed by atoms with Gasteiger partial charge in [-0.15, -0.1) is 0 Å². The second-order valence-corrected chi connectivity index (χ2v) is 4.76. The molecule has 1 fully saturated rings. The molecule has 0 aliphatic heterocycles. The quantitative estimate of drug-likeness (QED) is 0.425. The van der Waals surface area contributed by atoms with Crippen molar-refractivity contribution in [2.45, 2.75) is 52.0 Å². The van der Waals surface area contributed by atoms with E-state index in [4.69, 9.17) is 5.84 Å². The molecule has 4 nitrogen and oxygen atoms in total. The third kappa shape index (κ3) is 3.70. The molecule has 0 aromatic heterocycles. The molecule has 0 saturated heterocycles. The molecular formula is C11H23N3O. The molecule has 0 spiro atoms. The van der Waals surface area contributed by atoms with Gasteiger partial charge in [0.2, 0.25) is 0 Å². The maximum absolute atomic E-state index is 11.6. The molecule has 0 bridgehead atoms. The van der Waals surface area contributed by atoms with Crippen molar-refractivity contribution in [2.75, 3.05) is 6.54 Å². The van der Waals surface area contributed by atoms with Gasteiger partial charge in [-0.05, 0) is 25.2 Å². The van der Waals surface area contributed by atoms with Gasteiger partial charge in [0.15, 0.2) is 0 Å². The van der Waals surface area contributed by atoms with Crippen LogP contribution in [0.1, 0.15) is 46.0 Å². The van der Waals surface area contributed by atoms with Crippen LogP contribution in [0.5, 0.6) is 0 Å². The first-order valence-electron chi connectivity index (χ1n) is 5.92. The zero-order valence-corrected chi connectivity index (χ0v) is 9.83. The molecule has 0 atom stereocenters. The van der Waals surface area contributed by atoms with Gasteiger partial charge in [-0.3, -0.25) is 5.43 Å². The van der Waals surface area contributed by atoms with E-state index in [0.29, 0.717) is 12.0 Å². The van der Waals surface area contributed by atoms with Crippen LogP contribution in [0.15, 0.2) is 0 Å². The highest BCUT2D eigenvalue weighted by atomic mass is 16.2. The Kier molecular flexibility index (Phi) is 4.88. The van der Waals surface area contributed by atoms with E-state index in [1.165, 1.54) is 12.8 Å². The van der Waals surface area contributed by atoms with E-state index >= 15 is 0 Å². The van der Waals surface area contributed by atoms with Crippen molar-refractivity contribution in [3.63, 3.8) is 0 Å². The predicted octanol–water partition coefficient (Wildman–Crippen LogP) is 1.86. The summed E-state index contributed by atoms with van der Waals surface area (Å²) < 4.78 is 0. The lowest BCUT2D eigenvalue weighted by atomic mass is 10.1. The molecule has 4 heteroatoms. The van der Waals surface area contributed by atoms with Gasteiger partial charge in [-0.25, -0.2) is 10.6 Å². The van der Waals surface area contributed by atoms with E-state index in [9.17, 15) is 4.79 Å². The normalized spacial score (nSPS) is 17.1. The molecule has 1 saturated carbocycles. The first-order chi connectivity index (χ1) is 7.15. The summed E-state index contributed by atoms with van der Waals surface area (Å²) in [6.07, 6.45) is 5.78. The maximum atomic E-state index is 11.6. The lowest BCUT2D eigenvalue weighted by Crippen LogP contribution is -2.48. The lowest BCUT2D eigenvalue weighted by Gasteiger charge is -2.28. The largest absolute Gasteiger partial charge is 0.331 e. The molecular weight excluding hydrogens is 190 g/mol. The minimum Gasteiger partial charge on any atom is -0.321 e. The molecule has 0 aromatic carbocycles. The monoisotopic (exact) mass is 213 g/mol. The Balaban J connectivity index is 2.48. The molecule has 0 radical (unpaired) electrons. The minimum atomic E-state index is -0.123. The highest BCUT2D eigenvalue weighted by Crippen LogP contribution is 2.24. The fraction of sp³-hybridized carbons (Fsp3) is 0.909. The van der Waals surface area contributed by atoms with Crippen molar-refractivity contribution in [1.29, 1.82) is 0 Å². The van der Waals surface area contributed by atoms with Crippen molar-refractivity contribution in [3.05, 3.63) is 0 Å². The molecule has 2 amide bonds. The van der Waals surface area contributed by atoms with E-state index in [1.807, 2.05) is 4.90 Å². The number of carbonyl (C=O) groups is 1. The van der Waals surface area contributed by atoms with E-state index in [0.717, 1.165) is 25.8 Å². The van der Waals surface area contributed by atoms with Crippen molar-refractivity contribution >= 4 is 6.03 Å². The number of urea groups is 1. The average Bonchev–Trinajstić information content (AvgIpc) is 2.70. The fourth-order valence-electron chi connectivity index (χ4n) is 2.15. The number of hydrazine groups is 1. The van der Waals surface area contributed by atoms with Crippen LogP contribution in [0.2, 0.25) is 0 Å². The van der Waals surface area contributed by atoms with Gasteiger partial charge in [0.05, 0.1) is 0 Å². The smallest absolute Gasteiger partial charge is 0.321 e. The highest BCUT2D eigenvalue weighted by Gasteiger charge is 2.25. The summed E-state index contributed by atoms with van der Waals surface area (Å²) in [7, 11) is 0. The number of nitrogens with zero attached hydrogens (tertiary/aromatic N) is 1. The Morgan fingerprint density at radius 2 is 2.07 bits per heavy atom. The fourth-order valence-corrected chi connectivity index (χ4v) is 2.15. The summed E-state index contributed by atoms with van der Waals surface area (Å²) >= 11 is 0. The van der Waals surface area contributed by atoms with Gasteiger partial charge in [0.1, 0.15) is 0 Å². The predicted molar refractivity (Wildman–Crippen MR) is 61.1 cm³/mol. The first-order valence-corrected chi connectivity index (χ1v) is 5.92. The number of amides is 2. The SMILES string of the molecule is CC(C)CCN(C(=O)NN)C1CCCC1. The second-order valence-electron chi connectivity index (χ2n) is 4.76. The van der Waals surface area contributed by atoms with Crippen molar-refractivity contribution in [2.24, 2.45) is 11.8 Å².